The Morgan fingerprint density at radius 2 is 1.41 bits per heavy atom. The fraction of sp³-hybridized carbons (Fsp3) is 0.667. The van der Waals surface area contributed by atoms with E-state index < -0.39 is 67.1 Å². The summed E-state index contributed by atoms with van der Waals surface area (Å²) >= 11 is 0. The largest absolute Gasteiger partial charge is 0.481 e. The predicted octanol–water partition coefficient (Wildman–Crippen LogP) is -2.16. The third-order valence-electron chi connectivity index (χ3n) is 3.58. The van der Waals surface area contributed by atoms with Crippen LogP contribution in [0.2, 0.25) is 0 Å². The molecule has 3 atom stereocenters. The first-order valence-electron chi connectivity index (χ1n) is 8.31. The minimum Gasteiger partial charge on any atom is -0.481 e. The van der Waals surface area contributed by atoms with Crippen molar-refractivity contribution in [3.63, 3.8) is 0 Å². The second kappa shape index (κ2) is 12.6. The van der Waals surface area contributed by atoms with Crippen LogP contribution in [0, 0.1) is 0 Å². The fourth-order valence-electron chi connectivity index (χ4n) is 2.10. The van der Waals surface area contributed by atoms with Crippen LogP contribution in [0.1, 0.15) is 38.5 Å². The molecule has 27 heavy (non-hydrogen) atoms. The van der Waals surface area contributed by atoms with E-state index in [1.807, 2.05) is 5.32 Å². The number of carboxylic acid groups (broad SMARTS) is 3. The summed E-state index contributed by atoms with van der Waals surface area (Å²) in [7, 11) is 0. The van der Waals surface area contributed by atoms with Gasteiger partial charge >= 0.3 is 17.9 Å². The lowest BCUT2D eigenvalue weighted by atomic mass is 10.1. The SMILES string of the molecule is NCCCCC(N)C(=O)NC(CC(=O)O)C(=O)NC(CCC(=O)O)C(=O)O. The topological polar surface area (TPSA) is 222 Å². The van der Waals surface area contributed by atoms with E-state index in [9.17, 15) is 24.0 Å². The molecule has 0 bridgehead atoms. The minimum atomic E-state index is -1.55. The highest BCUT2D eigenvalue weighted by Gasteiger charge is 2.29. The highest BCUT2D eigenvalue weighted by Crippen LogP contribution is 2.03. The van der Waals surface area contributed by atoms with E-state index in [2.05, 4.69) is 5.32 Å². The summed E-state index contributed by atoms with van der Waals surface area (Å²) in [5, 5.41) is 30.8. The van der Waals surface area contributed by atoms with Crippen molar-refractivity contribution in [2.24, 2.45) is 11.5 Å². The van der Waals surface area contributed by atoms with E-state index in [1.54, 1.807) is 0 Å². The van der Waals surface area contributed by atoms with Crippen LogP contribution in [0.25, 0.3) is 0 Å². The van der Waals surface area contributed by atoms with Gasteiger partial charge in [0.25, 0.3) is 0 Å². The molecule has 0 aliphatic carbocycles. The Balaban J connectivity index is 4.96. The van der Waals surface area contributed by atoms with Crippen LogP contribution in [-0.4, -0.2) is 69.7 Å². The van der Waals surface area contributed by atoms with E-state index in [-0.39, 0.29) is 6.42 Å². The molecule has 0 heterocycles. The normalized spacial score (nSPS) is 13.9. The number of carboxylic acids is 3. The average molecular weight is 390 g/mol. The van der Waals surface area contributed by atoms with E-state index in [4.69, 9.17) is 26.8 Å². The highest BCUT2D eigenvalue weighted by atomic mass is 16.4. The lowest BCUT2D eigenvalue weighted by Crippen LogP contribution is -2.55. The average Bonchev–Trinajstić information content (AvgIpc) is 2.56. The van der Waals surface area contributed by atoms with E-state index >= 15 is 0 Å². The lowest BCUT2D eigenvalue weighted by molar-refractivity contribution is -0.144. The van der Waals surface area contributed by atoms with Gasteiger partial charge in [0.15, 0.2) is 0 Å². The minimum absolute atomic E-state index is 0.279. The van der Waals surface area contributed by atoms with Crippen molar-refractivity contribution in [3.05, 3.63) is 0 Å². The van der Waals surface area contributed by atoms with E-state index in [0.717, 1.165) is 0 Å². The second-order valence-corrected chi connectivity index (χ2v) is 5.88. The molecule has 0 aliphatic rings. The number of nitrogens with one attached hydrogen (secondary N) is 2. The Morgan fingerprint density at radius 1 is 0.815 bits per heavy atom. The molecule has 12 heteroatoms. The van der Waals surface area contributed by atoms with Gasteiger partial charge in [-0.2, -0.15) is 0 Å². The molecule has 0 saturated carbocycles. The number of hydrogen-bond acceptors (Lipinski definition) is 7. The van der Waals surface area contributed by atoms with Crippen LogP contribution in [0.15, 0.2) is 0 Å². The Morgan fingerprint density at radius 3 is 1.89 bits per heavy atom. The van der Waals surface area contributed by atoms with Crippen LogP contribution in [-0.2, 0) is 24.0 Å². The van der Waals surface area contributed by atoms with Gasteiger partial charge in [0.05, 0.1) is 12.5 Å². The van der Waals surface area contributed by atoms with Gasteiger partial charge in [-0.25, -0.2) is 4.79 Å². The van der Waals surface area contributed by atoms with Crippen LogP contribution < -0.4 is 22.1 Å². The summed E-state index contributed by atoms with van der Waals surface area (Å²) in [5.41, 5.74) is 11.0. The number of carbonyl (C=O) groups is 5. The van der Waals surface area contributed by atoms with Gasteiger partial charge in [0.1, 0.15) is 12.1 Å². The van der Waals surface area contributed by atoms with E-state index in [0.29, 0.717) is 19.4 Å². The molecule has 3 unspecified atom stereocenters. The molecule has 9 N–H and O–H groups in total. The fourth-order valence-corrected chi connectivity index (χ4v) is 2.10. The first-order valence-corrected chi connectivity index (χ1v) is 8.31. The van der Waals surface area contributed by atoms with Crippen molar-refractivity contribution in [2.45, 2.75) is 56.7 Å². The van der Waals surface area contributed by atoms with Gasteiger partial charge in [-0.3, -0.25) is 19.2 Å². The molecule has 0 spiro atoms. The summed E-state index contributed by atoms with van der Waals surface area (Å²) in [5.74, 6) is -5.95. The van der Waals surface area contributed by atoms with Gasteiger partial charge in [0.2, 0.25) is 11.8 Å². The molecule has 0 rings (SSSR count). The number of unbranched alkanes of at least 4 members (excludes halogenated alkanes) is 1. The zero-order chi connectivity index (χ0) is 21.0. The number of carbonyl (C=O) groups excluding carboxylic acids is 2. The molecule has 0 aromatic carbocycles. The molecule has 0 aromatic heterocycles. The summed E-state index contributed by atoms with van der Waals surface area (Å²) in [6.07, 6.45) is -0.220. The quantitative estimate of drug-likeness (QED) is 0.159. The number of amides is 2. The third-order valence-corrected chi connectivity index (χ3v) is 3.58. The number of aliphatic carboxylic acids is 3. The maximum Gasteiger partial charge on any atom is 0.326 e. The van der Waals surface area contributed by atoms with Crippen LogP contribution >= 0.6 is 0 Å². The standard InChI is InChI=1S/C15H26N4O8/c16-6-2-1-3-8(17)13(24)19-10(7-12(22)23)14(25)18-9(15(26)27)4-5-11(20)21/h8-10H,1-7,16-17H2,(H,18,25)(H,19,24)(H,20,21)(H,22,23)(H,26,27). The van der Waals surface area contributed by atoms with Crippen molar-refractivity contribution in [3.8, 4) is 0 Å². The van der Waals surface area contributed by atoms with Gasteiger partial charge in [-0.15, -0.1) is 0 Å². The molecular weight excluding hydrogens is 364 g/mol. The molecule has 0 fully saturated rings. The Kier molecular flexibility index (Phi) is 11.3. The number of hydrogen-bond donors (Lipinski definition) is 7. The van der Waals surface area contributed by atoms with Gasteiger partial charge in [-0.1, -0.05) is 6.42 Å². The second-order valence-electron chi connectivity index (χ2n) is 5.88. The van der Waals surface area contributed by atoms with E-state index in [1.165, 1.54) is 0 Å². The van der Waals surface area contributed by atoms with Gasteiger partial charge in [0, 0.05) is 6.42 Å². The van der Waals surface area contributed by atoms with Gasteiger partial charge in [-0.05, 0) is 25.8 Å². The lowest BCUT2D eigenvalue weighted by Gasteiger charge is -2.21. The molecule has 154 valence electrons. The molecule has 0 aromatic rings. The summed E-state index contributed by atoms with van der Waals surface area (Å²) in [6, 6.07) is -4.08. The Bertz CT molecular complexity index is 554. The molecule has 0 saturated heterocycles. The third kappa shape index (κ3) is 10.8. The number of rotatable bonds is 14. The maximum atomic E-state index is 12.2. The van der Waals surface area contributed by atoms with Crippen molar-refractivity contribution in [1.82, 2.24) is 10.6 Å². The Hall–Kier alpha value is -2.73. The smallest absolute Gasteiger partial charge is 0.326 e. The zero-order valence-corrected chi connectivity index (χ0v) is 14.7. The van der Waals surface area contributed by atoms with Crippen molar-refractivity contribution < 1.29 is 39.3 Å². The molecular formula is C15H26N4O8. The monoisotopic (exact) mass is 390 g/mol. The Labute approximate surface area is 155 Å². The summed E-state index contributed by atoms with van der Waals surface area (Å²) < 4.78 is 0. The maximum absolute atomic E-state index is 12.2. The van der Waals surface area contributed by atoms with Crippen molar-refractivity contribution in [1.29, 1.82) is 0 Å². The van der Waals surface area contributed by atoms with Crippen LogP contribution in [0.5, 0.6) is 0 Å². The predicted molar refractivity (Wildman–Crippen MR) is 91.5 cm³/mol. The summed E-state index contributed by atoms with van der Waals surface area (Å²) in [4.78, 5) is 56.9. The first-order chi connectivity index (χ1) is 12.6. The molecule has 0 radical (unpaired) electrons. The molecule has 2 amide bonds. The van der Waals surface area contributed by atoms with Crippen molar-refractivity contribution >= 4 is 29.7 Å². The highest BCUT2D eigenvalue weighted by molar-refractivity contribution is 5.94. The van der Waals surface area contributed by atoms with Crippen LogP contribution in [0.3, 0.4) is 0 Å². The molecule has 12 nitrogen and oxygen atoms in total. The molecule has 0 aliphatic heterocycles. The van der Waals surface area contributed by atoms with Crippen LogP contribution in [0.4, 0.5) is 0 Å². The van der Waals surface area contributed by atoms with Crippen molar-refractivity contribution in [2.75, 3.05) is 6.54 Å². The zero-order valence-electron chi connectivity index (χ0n) is 14.7. The first kappa shape index (κ1) is 24.3. The number of nitrogens with two attached hydrogens (primary N) is 2. The van der Waals surface area contributed by atoms with Gasteiger partial charge < -0.3 is 37.4 Å². The summed E-state index contributed by atoms with van der Waals surface area (Å²) in [6.45, 7) is 0.422.